The van der Waals surface area contributed by atoms with E-state index in [0.29, 0.717) is 6.42 Å². The monoisotopic (exact) mass is 265 g/mol. The molecule has 2 N–H and O–H groups in total. The Balaban J connectivity index is 2.68. The van der Waals surface area contributed by atoms with Crippen molar-refractivity contribution in [2.75, 3.05) is 6.54 Å². The number of ketones is 1. The van der Waals surface area contributed by atoms with Crippen LogP contribution in [0.3, 0.4) is 0 Å². The second-order valence-electron chi connectivity index (χ2n) is 3.96. The fourth-order valence-corrected chi connectivity index (χ4v) is 1.88. The molecular formula is C13H15NO3S. The lowest BCUT2D eigenvalue weighted by molar-refractivity contribution is -0.135. The van der Waals surface area contributed by atoms with E-state index >= 15 is 0 Å². The van der Waals surface area contributed by atoms with Crippen LogP contribution in [0.4, 0.5) is 0 Å². The quantitative estimate of drug-likeness (QED) is 0.762. The van der Waals surface area contributed by atoms with Gasteiger partial charge in [-0.25, -0.2) is 0 Å². The highest BCUT2D eigenvalue weighted by Gasteiger charge is 2.20. The van der Waals surface area contributed by atoms with E-state index in [1.807, 2.05) is 30.3 Å². The van der Waals surface area contributed by atoms with Crippen LogP contribution in [0.25, 0.3) is 0 Å². The van der Waals surface area contributed by atoms with Gasteiger partial charge < -0.3 is 10.4 Å². The normalized spacial score (nSPS) is 11.6. The number of rotatable bonds is 6. The third kappa shape index (κ3) is 4.63. The third-order valence-corrected chi connectivity index (χ3v) is 2.93. The minimum absolute atomic E-state index is 0.0678. The van der Waals surface area contributed by atoms with Gasteiger partial charge in [-0.15, -0.1) is 0 Å². The second kappa shape index (κ2) is 6.86. The molecular weight excluding hydrogens is 250 g/mol. The highest BCUT2D eigenvalue weighted by molar-refractivity contribution is 7.80. The first kappa shape index (κ1) is 14.3. The number of benzene rings is 1. The van der Waals surface area contributed by atoms with E-state index in [1.165, 1.54) is 6.92 Å². The summed E-state index contributed by atoms with van der Waals surface area (Å²) in [5, 5.41) is 11.2. The number of nitrogens with one attached hydrogen (secondary N) is 1. The van der Waals surface area contributed by atoms with Gasteiger partial charge in [0.2, 0.25) is 0 Å². The van der Waals surface area contributed by atoms with Gasteiger partial charge in [-0.3, -0.25) is 9.59 Å². The summed E-state index contributed by atoms with van der Waals surface area (Å²) >= 11 is 5.07. The molecule has 0 heterocycles. The van der Waals surface area contributed by atoms with Crippen molar-refractivity contribution in [2.45, 2.75) is 13.3 Å². The minimum Gasteiger partial charge on any atom is -0.480 e. The zero-order valence-electron chi connectivity index (χ0n) is 10.1. The van der Waals surface area contributed by atoms with E-state index in [-0.39, 0.29) is 17.3 Å². The summed E-state index contributed by atoms with van der Waals surface area (Å²) in [5.41, 5.74) is 0.997. The summed E-state index contributed by atoms with van der Waals surface area (Å²) in [4.78, 5) is 22.3. The highest BCUT2D eigenvalue weighted by Crippen LogP contribution is 2.11. The van der Waals surface area contributed by atoms with Gasteiger partial charge in [-0.05, 0) is 18.9 Å². The van der Waals surface area contributed by atoms with Crippen LogP contribution in [0.1, 0.15) is 12.5 Å². The molecule has 1 atom stereocenters. The highest BCUT2D eigenvalue weighted by atomic mass is 32.1. The topological polar surface area (TPSA) is 66.4 Å². The minimum atomic E-state index is -1.00. The van der Waals surface area contributed by atoms with Gasteiger partial charge >= 0.3 is 5.97 Å². The summed E-state index contributed by atoms with van der Waals surface area (Å²) in [6.07, 6.45) is 0.488. The molecule has 5 heteroatoms. The maximum absolute atomic E-state index is 11.6. The molecule has 0 aliphatic carbocycles. The molecule has 4 nitrogen and oxygen atoms in total. The van der Waals surface area contributed by atoms with E-state index < -0.39 is 11.9 Å². The van der Waals surface area contributed by atoms with Crippen molar-refractivity contribution < 1.29 is 14.7 Å². The van der Waals surface area contributed by atoms with Crippen molar-refractivity contribution in [2.24, 2.45) is 5.92 Å². The van der Waals surface area contributed by atoms with Crippen LogP contribution in [-0.2, 0) is 16.0 Å². The van der Waals surface area contributed by atoms with Crippen LogP contribution in [0, 0.1) is 5.92 Å². The number of carbonyl (C=O) groups excluding carboxylic acids is 1. The van der Waals surface area contributed by atoms with Crippen molar-refractivity contribution >= 4 is 29.0 Å². The Morgan fingerprint density at radius 3 is 2.44 bits per heavy atom. The van der Waals surface area contributed by atoms with Crippen molar-refractivity contribution in [3.63, 3.8) is 0 Å². The van der Waals surface area contributed by atoms with Gasteiger partial charge in [0.25, 0.3) is 0 Å². The van der Waals surface area contributed by atoms with Gasteiger partial charge in [0.15, 0.2) is 0 Å². The van der Waals surface area contributed by atoms with Crippen LogP contribution in [0.2, 0.25) is 0 Å². The molecule has 0 spiro atoms. The number of carbonyl (C=O) groups is 2. The Labute approximate surface area is 111 Å². The maximum atomic E-state index is 11.6. The summed E-state index contributed by atoms with van der Waals surface area (Å²) in [6.45, 7) is 1.19. The number of Topliss-reactive ketones (excluding diaryl/α,β-unsaturated/α-hetero) is 1. The summed E-state index contributed by atoms with van der Waals surface area (Å²) in [5.74, 6) is -1.54. The van der Waals surface area contributed by atoms with Crippen LogP contribution >= 0.6 is 12.2 Å². The van der Waals surface area contributed by atoms with Gasteiger partial charge in [0.1, 0.15) is 12.3 Å². The molecule has 0 fully saturated rings. The van der Waals surface area contributed by atoms with Crippen LogP contribution < -0.4 is 5.32 Å². The van der Waals surface area contributed by atoms with E-state index in [9.17, 15) is 9.59 Å². The van der Waals surface area contributed by atoms with Crippen molar-refractivity contribution in [3.8, 4) is 0 Å². The molecule has 1 aromatic carbocycles. The standard InChI is InChI=1S/C13H15NO3S/c1-9(15)11(13(18)14-8-12(16)17)7-10-5-3-2-4-6-10/h2-6,11H,7-8H2,1H3,(H,14,18)(H,16,17). The molecule has 0 saturated heterocycles. The lowest BCUT2D eigenvalue weighted by atomic mass is 9.96. The van der Waals surface area contributed by atoms with Crippen molar-refractivity contribution in [3.05, 3.63) is 35.9 Å². The Kier molecular flexibility index (Phi) is 5.45. The Morgan fingerprint density at radius 2 is 1.94 bits per heavy atom. The van der Waals surface area contributed by atoms with Crippen LogP contribution in [-0.4, -0.2) is 28.4 Å². The van der Waals surface area contributed by atoms with Crippen LogP contribution in [0.5, 0.6) is 0 Å². The average molecular weight is 265 g/mol. The molecule has 1 unspecified atom stereocenters. The molecule has 96 valence electrons. The zero-order chi connectivity index (χ0) is 13.5. The zero-order valence-corrected chi connectivity index (χ0v) is 10.9. The SMILES string of the molecule is CC(=O)C(Cc1ccccc1)C(=S)NCC(=O)O. The maximum Gasteiger partial charge on any atom is 0.322 e. The molecule has 0 aromatic heterocycles. The molecule has 1 rings (SSSR count). The molecule has 0 bridgehead atoms. The molecule has 1 aromatic rings. The van der Waals surface area contributed by atoms with E-state index in [1.54, 1.807) is 0 Å². The summed E-state index contributed by atoms with van der Waals surface area (Å²) in [6, 6.07) is 9.50. The number of aliphatic carboxylic acids is 1. The fourth-order valence-electron chi connectivity index (χ4n) is 1.56. The molecule has 0 radical (unpaired) electrons. The molecule has 0 saturated carbocycles. The second-order valence-corrected chi connectivity index (χ2v) is 4.40. The first-order chi connectivity index (χ1) is 8.50. The Bertz CT molecular complexity index is 445. The number of carboxylic acids is 1. The molecule has 0 aliphatic heterocycles. The number of hydrogen-bond donors (Lipinski definition) is 2. The lowest BCUT2D eigenvalue weighted by Crippen LogP contribution is -2.37. The predicted octanol–water partition coefficient (Wildman–Crippen LogP) is 1.44. The first-order valence-corrected chi connectivity index (χ1v) is 5.95. The first-order valence-electron chi connectivity index (χ1n) is 5.54. The number of carboxylic acid groups (broad SMARTS) is 1. The predicted molar refractivity (Wildman–Crippen MR) is 72.6 cm³/mol. The van der Waals surface area contributed by atoms with Gasteiger partial charge in [0.05, 0.1) is 10.9 Å². The smallest absolute Gasteiger partial charge is 0.322 e. The van der Waals surface area contributed by atoms with Gasteiger partial charge in [0, 0.05) is 0 Å². The number of hydrogen-bond acceptors (Lipinski definition) is 3. The van der Waals surface area contributed by atoms with E-state index in [2.05, 4.69) is 5.32 Å². The summed E-state index contributed by atoms with van der Waals surface area (Å²) < 4.78 is 0. The van der Waals surface area contributed by atoms with Gasteiger partial charge in [-0.1, -0.05) is 42.5 Å². The van der Waals surface area contributed by atoms with Crippen molar-refractivity contribution in [1.82, 2.24) is 5.32 Å². The Hall–Kier alpha value is -1.75. The van der Waals surface area contributed by atoms with Crippen LogP contribution in [0.15, 0.2) is 30.3 Å². The molecule has 0 aliphatic rings. The number of thiocarbonyl (C=S) groups is 1. The largest absolute Gasteiger partial charge is 0.480 e. The average Bonchev–Trinajstić information content (AvgIpc) is 2.34. The van der Waals surface area contributed by atoms with Gasteiger partial charge in [-0.2, -0.15) is 0 Å². The van der Waals surface area contributed by atoms with Crippen molar-refractivity contribution in [1.29, 1.82) is 0 Å². The molecule has 18 heavy (non-hydrogen) atoms. The lowest BCUT2D eigenvalue weighted by Gasteiger charge is -2.16. The van der Waals surface area contributed by atoms with E-state index in [0.717, 1.165) is 5.56 Å². The molecule has 0 amide bonds. The third-order valence-electron chi connectivity index (χ3n) is 2.50. The Morgan fingerprint density at radius 1 is 1.33 bits per heavy atom. The fraction of sp³-hybridized carbons (Fsp3) is 0.308. The summed E-state index contributed by atoms with van der Waals surface area (Å²) in [7, 11) is 0. The van der Waals surface area contributed by atoms with E-state index in [4.69, 9.17) is 17.3 Å².